The molecule has 0 saturated heterocycles. The zero-order chi connectivity index (χ0) is 18.4. The molecule has 1 aliphatic heterocycles. The van der Waals surface area contributed by atoms with Gasteiger partial charge in [-0.3, -0.25) is 4.79 Å². The van der Waals surface area contributed by atoms with Crippen molar-refractivity contribution in [1.82, 2.24) is 14.8 Å². The molecule has 27 heavy (non-hydrogen) atoms. The minimum absolute atomic E-state index is 0.0234. The van der Waals surface area contributed by atoms with Crippen molar-refractivity contribution in [3.8, 4) is 0 Å². The average Bonchev–Trinajstić information content (AvgIpc) is 3.15. The van der Waals surface area contributed by atoms with Crippen molar-refractivity contribution in [2.45, 2.75) is 24.8 Å². The predicted molar refractivity (Wildman–Crippen MR) is 98.6 cm³/mol. The van der Waals surface area contributed by atoms with Crippen LogP contribution < -0.4 is 5.32 Å². The van der Waals surface area contributed by atoms with Crippen LogP contribution in [0.2, 0.25) is 0 Å². The van der Waals surface area contributed by atoms with Gasteiger partial charge in [-0.15, -0.1) is 0 Å². The van der Waals surface area contributed by atoms with E-state index in [0.717, 1.165) is 22.4 Å². The lowest BCUT2D eigenvalue weighted by molar-refractivity contribution is -0.116. The first-order chi connectivity index (χ1) is 13.2. The van der Waals surface area contributed by atoms with Gasteiger partial charge in [0.2, 0.25) is 5.95 Å². The summed E-state index contributed by atoms with van der Waals surface area (Å²) in [6.07, 6.45) is 2.58. The summed E-state index contributed by atoms with van der Waals surface area (Å²) >= 11 is 0. The van der Waals surface area contributed by atoms with Gasteiger partial charge in [-0.25, -0.2) is 9.07 Å². The van der Waals surface area contributed by atoms with E-state index in [-0.39, 0.29) is 23.6 Å². The fourth-order valence-corrected chi connectivity index (χ4v) is 4.07. The fourth-order valence-electron chi connectivity index (χ4n) is 4.07. The molecule has 1 aliphatic carbocycles. The molecule has 0 spiro atoms. The Bertz CT molecular complexity index is 1040. The molecule has 0 amide bonds. The van der Waals surface area contributed by atoms with E-state index in [0.29, 0.717) is 18.8 Å². The van der Waals surface area contributed by atoms with Crippen LogP contribution in [0, 0.1) is 5.82 Å². The second-order valence-electron chi connectivity index (χ2n) is 6.94. The van der Waals surface area contributed by atoms with Crippen LogP contribution >= 0.6 is 0 Å². The van der Waals surface area contributed by atoms with Crippen LogP contribution in [0.15, 0.2) is 72.2 Å². The second kappa shape index (κ2) is 6.16. The summed E-state index contributed by atoms with van der Waals surface area (Å²) in [5.74, 6) is 0.479. The zero-order valence-corrected chi connectivity index (χ0v) is 14.5. The number of hydrogen-bond donors (Lipinski definition) is 1. The summed E-state index contributed by atoms with van der Waals surface area (Å²) in [5.41, 5.74) is 3.61. The van der Waals surface area contributed by atoms with E-state index in [4.69, 9.17) is 0 Å². The van der Waals surface area contributed by atoms with Crippen molar-refractivity contribution >= 4 is 11.7 Å². The number of fused-ring (bicyclic) bond motifs is 1. The molecule has 0 unspecified atom stereocenters. The molecule has 0 fully saturated rings. The van der Waals surface area contributed by atoms with Gasteiger partial charge in [0.25, 0.3) is 0 Å². The standard InChI is InChI=1S/C21H17FN4O/c22-16-8-6-13(7-9-16)15-10-17-19(18(27)11-15)20(14-4-2-1-3-5-14)26-21(25-17)23-12-24-26/h1-9,12,15,20H,10-11H2,(H,23,24,25)/t15-,20-/m0/s1. The van der Waals surface area contributed by atoms with Gasteiger partial charge in [-0.05, 0) is 35.6 Å². The number of nitrogens with zero attached hydrogens (tertiary/aromatic N) is 3. The first-order valence-corrected chi connectivity index (χ1v) is 8.94. The molecular weight excluding hydrogens is 343 g/mol. The first-order valence-electron chi connectivity index (χ1n) is 8.94. The van der Waals surface area contributed by atoms with E-state index in [1.54, 1.807) is 16.8 Å². The number of nitrogens with one attached hydrogen (secondary N) is 1. The van der Waals surface area contributed by atoms with Crippen LogP contribution in [0.25, 0.3) is 0 Å². The molecule has 0 saturated carbocycles. The summed E-state index contributed by atoms with van der Waals surface area (Å²) in [6.45, 7) is 0. The Morgan fingerprint density at radius 3 is 2.56 bits per heavy atom. The third kappa shape index (κ3) is 2.65. The smallest absolute Gasteiger partial charge is 0.226 e. The van der Waals surface area contributed by atoms with Gasteiger partial charge in [-0.2, -0.15) is 10.1 Å². The first kappa shape index (κ1) is 15.9. The highest BCUT2D eigenvalue weighted by atomic mass is 19.1. The van der Waals surface area contributed by atoms with Crippen molar-refractivity contribution in [2.24, 2.45) is 0 Å². The highest BCUT2D eigenvalue weighted by molar-refractivity contribution is 6.00. The normalized spacial score (nSPS) is 21.4. The highest BCUT2D eigenvalue weighted by Gasteiger charge is 2.39. The molecule has 6 heteroatoms. The fraction of sp³-hybridized carbons (Fsp3) is 0.190. The van der Waals surface area contributed by atoms with E-state index in [2.05, 4.69) is 15.4 Å². The lowest BCUT2D eigenvalue weighted by Gasteiger charge is -2.35. The minimum Gasteiger partial charge on any atom is -0.328 e. The Morgan fingerprint density at radius 1 is 1.00 bits per heavy atom. The minimum atomic E-state index is -0.276. The number of Topliss-reactive ketones (excluding diaryl/α,β-unsaturated/α-hetero) is 1. The van der Waals surface area contributed by atoms with Crippen molar-refractivity contribution in [3.05, 3.63) is 89.1 Å². The maximum Gasteiger partial charge on any atom is 0.226 e. The Labute approximate surface area is 155 Å². The van der Waals surface area contributed by atoms with Crippen molar-refractivity contribution in [1.29, 1.82) is 0 Å². The number of benzene rings is 2. The van der Waals surface area contributed by atoms with Crippen LogP contribution in [0.5, 0.6) is 0 Å². The monoisotopic (exact) mass is 360 g/mol. The van der Waals surface area contributed by atoms with Gasteiger partial charge < -0.3 is 5.32 Å². The molecule has 134 valence electrons. The summed E-state index contributed by atoms with van der Waals surface area (Å²) in [5, 5.41) is 7.64. The number of halogens is 1. The maximum absolute atomic E-state index is 13.3. The van der Waals surface area contributed by atoms with Gasteiger partial charge in [0.1, 0.15) is 18.2 Å². The molecule has 2 atom stereocenters. The lowest BCUT2D eigenvalue weighted by atomic mass is 9.78. The second-order valence-corrected chi connectivity index (χ2v) is 6.94. The third-order valence-electron chi connectivity index (χ3n) is 5.32. The molecule has 0 radical (unpaired) electrons. The van der Waals surface area contributed by atoms with Crippen molar-refractivity contribution < 1.29 is 9.18 Å². The summed E-state index contributed by atoms with van der Waals surface area (Å²) in [7, 11) is 0. The largest absolute Gasteiger partial charge is 0.328 e. The number of allylic oxidation sites excluding steroid dienone is 2. The van der Waals surface area contributed by atoms with E-state index in [9.17, 15) is 9.18 Å². The van der Waals surface area contributed by atoms with Gasteiger partial charge in [-0.1, -0.05) is 42.5 Å². The van der Waals surface area contributed by atoms with Gasteiger partial charge in [0.05, 0.1) is 0 Å². The number of ketones is 1. The summed E-state index contributed by atoms with van der Waals surface area (Å²) < 4.78 is 15.0. The number of hydrogen-bond acceptors (Lipinski definition) is 4. The quantitative estimate of drug-likeness (QED) is 0.754. The Morgan fingerprint density at radius 2 is 1.78 bits per heavy atom. The molecule has 0 bridgehead atoms. The SMILES string of the molecule is O=C1C[C@@H](c2ccc(F)cc2)CC2=C1[C@H](c1ccccc1)n1ncnc1N2. The summed E-state index contributed by atoms with van der Waals surface area (Å²) in [4.78, 5) is 17.5. The molecule has 3 aromatic rings. The van der Waals surface area contributed by atoms with E-state index in [1.165, 1.54) is 18.5 Å². The topological polar surface area (TPSA) is 59.8 Å². The van der Waals surface area contributed by atoms with Crippen LogP contribution in [-0.4, -0.2) is 20.5 Å². The number of aromatic nitrogens is 3. The van der Waals surface area contributed by atoms with Crippen molar-refractivity contribution in [3.63, 3.8) is 0 Å². The van der Waals surface area contributed by atoms with E-state index in [1.807, 2.05) is 30.3 Å². The van der Waals surface area contributed by atoms with Gasteiger partial charge >= 0.3 is 0 Å². The van der Waals surface area contributed by atoms with Crippen molar-refractivity contribution in [2.75, 3.05) is 5.32 Å². The highest BCUT2D eigenvalue weighted by Crippen LogP contribution is 2.43. The van der Waals surface area contributed by atoms with E-state index >= 15 is 0 Å². The molecule has 2 aromatic carbocycles. The van der Waals surface area contributed by atoms with Gasteiger partial charge in [0.15, 0.2) is 5.78 Å². The number of anilines is 1. The van der Waals surface area contributed by atoms with Crippen LogP contribution in [0.3, 0.4) is 0 Å². The number of carbonyl (C=O) groups excluding carboxylic acids is 1. The van der Waals surface area contributed by atoms with Crippen LogP contribution in [0.1, 0.15) is 35.9 Å². The molecule has 5 nitrogen and oxygen atoms in total. The zero-order valence-electron chi connectivity index (χ0n) is 14.5. The molecule has 1 aromatic heterocycles. The Hall–Kier alpha value is -3.28. The Balaban J connectivity index is 1.58. The van der Waals surface area contributed by atoms with Gasteiger partial charge in [0, 0.05) is 17.7 Å². The Kier molecular flexibility index (Phi) is 3.63. The third-order valence-corrected chi connectivity index (χ3v) is 5.32. The predicted octanol–water partition coefficient (Wildman–Crippen LogP) is 3.83. The lowest BCUT2D eigenvalue weighted by Crippen LogP contribution is -2.33. The summed E-state index contributed by atoms with van der Waals surface area (Å²) in [6, 6.07) is 16.0. The van der Waals surface area contributed by atoms with Crippen LogP contribution in [-0.2, 0) is 4.79 Å². The average molecular weight is 360 g/mol. The molecule has 2 aliphatic rings. The molecule has 2 heterocycles. The maximum atomic E-state index is 13.3. The van der Waals surface area contributed by atoms with Crippen LogP contribution in [0.4, 0.5) is 10.3 Å². The molecule has 1 N–H and O–H groups in total. The number of carbonyl (C=O) groups is 1. The molecule has 5 rings (SSSR count). The van der Waals surface area contributed by atoms with E-state index < -0.39 is 0 Å². The molecular formula is C21H17FN4O. The number of rotatable bonds is 2.